The van der Waals surface area contributed by atoms with Crippen LogP contribution in [0.25, 0.3) is 0 Å². The van der Waals surface area contributed by atoms with Crippen molar-refractivity contribution in [3.05, 3.63) is 51.6 Å². The van der Waals surface area contributed by atoms with Crippen molar-refractivity contribution in [3.63, 3.8) is 0 Å². The Kier molecular flexibility index (Phi) is 8.54. The summed E-state index contributed by atoms with van der Waals surface area (Å²) in [7, 11) is 0. The van der Waals surface area contributed by atoms with Crippen LogP contribution in [0, 0.1) is 6.92 Å². The van der Waals surface area contributed by atoms with E-state index in [1.807, 2.05) is 30.5 Å². The summed E-state index contributed by atoms with van der Waals surface area (Å²) in [5.74, 6) is 0.615. The molecule has 0 aliphatic rings. The smallest absolute Gasteiger partial charge is 0.341 e. The minimum atomic E-state index is -0.450. The second-order valence-electron chi connectivity index (χ2n) is 6.52. The van der Waals surface area contributed by atoms with Crippen LogP contribution >= 0.6 is 34.7 Å². The van der Waals surface area contributed by atoms with Gasteiger partial charge < -0.3 is 19.4 Å². The highest BCUT2D eigenvalue weighted by atomic mass is 35.5. The number of para-hydroxylation sites is 1. The standard InChI is InChI=1S/C21H23ClN4O4S2/c1-4-26-17(11-30-16-9-7-6-8-15(16)22)24-25-21(26)31-12-18(27)23-19-14(10-13(3)32-19)20(28)29-5-2/h6-10H,4-5,11-12H2,1-3H3,(H,23,27). The summed E-state index contributed by atoms with van der Waals surface area (Å²) in [5.41, 5.74) is 0.364. The molecule has 0 radical (unpaired) electrons. The topological polar surface area (TPSA) is 95.3 Å². The van der Waals surface area contributed by atoms with Crippen molar-refractivity contribution in [2.45, 2.75) is 39.1 Å². The molecule has 32 heavy (non-hydrogen) atoms. The second-order valence-corrected chi connectivity index (χ2v) is 9.13. The summed E-state index contributed by atoms with van der Waals surface area (Å²) in [6.45, 7) is 6.67. The third-order valence-electron chi connectivity index (χ3n) is 4.24. The molecule has 0 aliphatic heterocycles. The molecule has 1 N–H and O–H groups in total. The lowest BCUT2D eigenvalue weighted by Crippen LogP contribution is -2.16. The van der Waals surface area contributed by atoms with Gasteiger partial charge in [0.1, 0.15) is 17.4 Å². The number of halogens is 1. The lowest BCUT2D eigenvalue weighted by Gasteiger charge is -2.10. The van der Waals surface area contributed by atoms with Gasteiger partial charge in [0, 0.05) is 11.4 Å². The van der Waals surface area contributed by atoms with E-state index in [2.05, 4.69) is 15.5 Å². The molecule has 0 unspecified atom stereocenters. The Morgan fingerprint density at radius 1 is 1.25 bits per heavy atom. The van der Waals surface area contributed by atoms with E-state index >= 15 is 0 Å². The van der Waals surface area contributed by atoms with Gasteiger partial charge in [0.25, 0.3) is 0 Å². The van der Waals surface area contributed by atoms with Gasteiger partial charge in [-0.05, 0) is 39.0 Å². The van der Waals surface area contributed by atoms with Crippen LogP contribution in [0.3, 0.4) is 0 Å². The molecule has 8 nitrogen and oxygen atoms in total. The number of hydrogen-bond donors (Lipinski definition) is 1. The molecule has 170 valence electrons. The predicted octanol–water partition coefficient (Wildman–Crippen LogP) is 4.81. The molecule has 11 heteroatoms. The van der Waals surface area contributed by atoms with Gasteiger partial charge >= 0.3 is 5.97 Å². The van der Waals surface area contributed by atoms with Gasteiger partial charge in [-0.25, -0.2) is 4.79 Å². The first-order chi connectivity index (χ1) is 15.4. The molecule has 0 fully saturated rings. The number of thiophene rings is 1. The van der Waals surface area contributed by atoms with E-state index in [4.69, 9.17) is 21.1 Å². The van der Waals surface area contributed by atoms with Crippen molar-refractivity contribution in [3.8, 4) is 5.75 Å². The first-order valence-corrected chi connectivity index (χ1v) is 12.1. The summed E-state index contributed by atoms with van der Waals surface area (Å²) < 4.78 is 12.7. The van der Waals surface area contributed by atoms with Gasteiger partial charge in [-0.3, -0.25) is 4.79 Å². The van der Waals surface area contributed by atoms with Crippen LogP contribution in [-0.2, 0) is 22.7 Å². The van der Waals surface area contributed by atoms with Crippen LogP contribution in [0.1, 0.15) is 34.9 Å². The van der Waals surface area contributed by atoms with Crippen LogP contribution < -0.4 is 10.1 Å². The quantitative estimate of drug-likeness (QED) is 0.319. The fraction of sp³-hybridized carbons (Fsp3) is 0.333. The highest BCUT2D eigenvalue weighted by molar-refractivity contribution is 7.99. The molecular weight excluding hydrogens is 472 g/mol. The minimum Gasteiger partial charge on any atom is -0.484 e. The normalized spacial score (nSPS) is 10.8. The number of esters is 1. The summed E-state index contributed by atoms with van der Waals surface area (Å²) in [5, 5.41) is 12.8. The number of amides is 1. The largest absolute Gasteiger partial charge is 0.484 e. The Morgan fingerprint density at radius 3 is 2.75 bits per heavy atom. The maximum Gasteiger partial charge on any atom is 0.341 e. The van der Waals surface area contributed by atoms with E-state index in [1.165, 1.54) is 23.1 Å². The van der Waals surface area contributed by atoms with E-state index in [9.17, 15) is 9.59 Å². The van der Waals surface area contributed by atoms with Gasteiger partial charge in [0.2, 0.25) is 5.91 Å². The Morgan fingerprint density at radius 2 is 2.03 bits per heavy atom. The molecular formula is C21H23ClN4O4S2. The van der Waals surface area contributed by atoms with Gasteiger partial charge in [-0.15, -0.1) is 21.5 Å². The molecule has 3 rings (SSSR count). The van der Waals surface area contributed by atoms with E-state index in [-0.39, 0.29) is 24.9 Å². The van der Waals surface area contributed by atoms with Crippen LogP contribution in [0.5, 0.6) is 5.75 Å². The third-order valence-corrected chi connectivity index (χ3v) is 6.48. The third kappa shape index (κ3) is 6.02. The van der Waals surface area contributed by atoms with E-state index in [0.29, 0.717) is 38.9 Å². The monoisotopic (exact) mass is 494 g/mol. The van der Waals surface area contributed by atoms with Crippen molar-refractivity contribution in [1.29, 1.82) is 0 Å². The fourth-order valence-electron chi connectivity index (χ4n) is 2.81. The number of carbonyl (C=O) groups excluding carboxylic acids is 2. The molecule has 0 atom stereocenters. The van der Waals surface area contributed by atoms with Crippen LogP contribution in [-0.4, -0.2) is 39.0 Å². The number of rotatable bonds is 10. The van der Waals surface area contributed by atoms with Crippen molar-refractivity contribution < 1.29 is 19.1 Å². The predicted molar refractivity (Wildman–Crippen MR) is 126 cm³/mol. The Balaban J connectivity index is 1.61. The lowest BCUT2D eigenvalue weighted by molar-refractivity contribution is -0.113. The molecule has 1 amide bonds. The number of anilines is 1. The molecule has 3 aromatic rings. The molecule has 2 heterocycles. The minimum absolute atomic E-state index is 0.114. The summed E-state index contributed by atoms with van der Waals surface area (Å²) in [4.78, 5) is 25.5. The molecule has 2 aromatic heterocycles. The van der Waals surface area contributed by atoms with E-state index in [1.54, 1.807) is 25.1 Å². The molecule has 0 saturated heterocycles. The van der Waals surface area contributed by atoms with Gasteiger partial charge in [0.05, 0.1) is 22.9 Å². The summed E-state index contributed by atoms with van der Waals surface area (Å²) >= 11 is 8.72. The number of nitrogens with one attached hydrogen (secondary N) is 1. The number of carbonyl (C=O) groups is 2. The number of benzene rings is 1. The second kappa shape index (κ2) is 11.3. The Bertz CT molecular complexity index is 1100. The number of thioether (sulfide) groups is 1. The van der Waals surface area contributed by atoms with Gasteiger partial charge in [-0.1, -0.05) is 35.5 Å². The highest BCUT2D eigenvalue weighted by Gasteiger charge is 2.19. The number of aryl methyl sites for hydroxylation is 1. The van der Waals surface area contributed by atoms with E-state index < -0.39 is 5.97 Å². The molecule has 1 aromatic carbocycles. The molecule has 0 aliphatic carbocycles. The van der Waals surface area contributed by atoms with Crippen molar-refractivity contribution in [1.82, 2.24) is 14.8 Å². The van der Waals surface area contributed by atoms with Gasteiger partial charge in [-0.2, -0.15) is 0 Å². The van der Waals surface area contributed by atoms with Crippen LogP contribution in [0.4, 0.5) is 5.00 Å². The molecule has 0 bridgehead atoms. The maximum absolute atomic E-state index is 12.5. The molecule has 0 saturated carbocycles. The SMILES string of the molecule is CCOC(=O)c1cc(C)sc1NC(=O)CSc1nnc(COc2ccccc2Cl)n1CC. The maximum atomic E-state index is 12.5. The first-order valence-electron chi connectivity index (χ1n) is 9.92. The van der Waals surface area contributed by atoms with Gasteiger partial charge in [0.15, 0.2) is 11.0 Å². The first kappa shape index (κ1) is 24.1. The number of hydrogen-bond acceptors (Lipinski definition) is 8. The highest BCUT2D eigenvalue weighted by Crippen LogP contribution is 2.29. The van der Waals surface area contributed by atoms with Crippen molar-refractivity contribution in [2.75, 3.05) is 17.7 Å². The summed E-state index contributed by atoms with van der Waals surface area (Å²) in [6, 6.07) is 8.92. The lowest BCUT2D eigenvalue weighted by atomic mass is 10.3. The Labute approximate surface area is 199 Å². The molecule has 0 spiro atoms. The summed E-state index contributed by atoms with van der Waals surface area (Å²) in [6.07, 6.45) is 0. The van der Waals surface area contributed by atoms with Crippen LogP contribution in [0.15, 0.2) is 35.5 Å². The average Bonchev–Trinajstić information content (AvgIpc) is 3.34. The average molecular weight is 495 g/mol. The van der Waals surface area contributed by atoms with Crippen molar-refractivity contribution in [2.24, 2.45) is 0 Å². The zero-order valence-corrected chi connectivity index (χ0v) is 20.3. The zero-order valence-electron chi connectivity index (χ0n) is 17.9. The van der Waals surface area contributed by atoms with E-state index in [0.717, 1.165) is 4.88 Å². The zero-order chi connectivity index (χ0) is 23.1. The number of nitrogens with zero attached hydrogens (tertiary/aromatic N) is 3. The van der Waals surface area contributed by atoms with Crippen LogP contribution in [0.2, 0.25) is 5.02 Å². The fourth-order valence-corrected chi connectivity index (χ4v) is 4.74. The number of aromatic nitrogens is 3. The van der Waals surface area contributed by atoms with Crippen molar-refractivity contribution >= 4 is 51.6 Å². The Hall–Kier alpha value is -2.56. The number of ether oxygens (including phenoxy) is 2.